The van der Waals surface area contributed by atoms with Crippen molar-refractivity contribution >= 4 is 15.8 Å². The van der Waals surface area contributed by atoms with Crippen LogP contribution in [0.15, 0.2) is 53.4 Å². The van der Waals surface area contributed by atoms with Crippen LogP contribution in [0.1, 0.15) is 17.3 Å². The van der Waals surface area contributed by atoms with Gasteiger partial charge in [0.2, 0.25) is 10.0 Å². The van der Waals surface area contributed by atoms with Crippen LogP contribution in [-0.2, 0) is 10.0 Å². The Morgan fingerprint density at radius 1 is 1.06 bits per heavy atom. The van der Waals surface area contributed by atoms with Gasteiger partial charge in [-0.05, 0) is 43.3 Å². The maximum Gasteiger partial charge on any atom is 0.243 e. The monoisotopic (exact) mass is 448 g/mol. The molecule has 1 saturated heterocycles. The molecule has 1 N–H and O–H groups in total. The summed E-state index contributed by atoms with van der Waals surface area (Å²) in [7, 11) is -2.07. The molecule has 31 heavy (non-hydrogen) atoms. The number of ether oxygens (including phenoxy) is 2. The first kappa shape index (κ1) is 23.2. The fraction of sp³-hybridized carbons (Fsp3) is 0.409. The van der Waals surface area contributed by atoms with Crippen molar-refractivity contribution in [1.29, 1.82) is 0 Å². The van der Waals surface area contributed by atoms with E-state index >= 15 is 0 Å². The van der Waals surface area contributed by atoms with Gasteiger partial charge in [0.15, 0.2) is 5.78 Å². The highest BCUT2D eigenvalue weighted by molar-refractivity contribution is 7.89. The van der Waals surface area contributed by atoms with E-state index in [0.717, 1.165) is 5.75 Å². The van der Waals surface area contributed by atoms with Gasteiger partial charge in [0, 0.05) is 38.3 Å². The van der Waals surface area contributed by atoms with E-state index < -0.39 is 16.1 Å². The number of carbonyl (C=O) groups excluding carboxylic acids is 1. The predicted molar refractivity (Wildman–Crippen MR) is 116 cm³/mol. The van der Waals surface area contributed by atoms with Crippen LogP contribution in [0.4, 0.5) is 0 Å². The number of Topliss-reactive ketones (excluding diaryl/α,β-unsaturated/α-hetero) is 1. The highest BCUT2D eigenvalue weighted by atomic mass is 32.2. The minimum atomic E-state index is -3.66. The van der Waals surface area contributed by atoms with Gasteiger partial charge in [-0.1, -0.05) is 12.1 Å². The fourth-order valence-corrected chi connectivity index (χ4v) is 4.86. The first-order chi connectivity index (χ1) is 14.8. The number of β-amino-alcohol motifs (C(OH)–C–C–N with tert-alkyl or cyclic N) is 1. The molecule has 0 aliphatic carbocycles. The molecule has 1 aliphatic rings. The molecule has 1 heterocycles. The Bertz CT molecular complexity index is 985. The van der Waals surface area contributed by atoms with Gasteiger partial charge >= 0.3 is 0 Å². The Morgan fingerprint density at radius 2 is 1.71 bits per heavy atom. The summed E-state index contributed by atoms with van der Waals surface area (Å²) in [6.07, 6.45) is -0.697. The number of methoxy groups -OCH3 is 1. The average Bonchev–Trinajstić information content (AvgIpc) is 2.78. The molecule has 0 spiro atoms. The number of sulfonamides is 1. The molecule has 0 aromatic heterocycles. The zero-order chi connectivity index (χ0) is 22.4. The molecule has 1 aliphatic heterocycles. The van der Waals surface area contributed by atoms with Gasteiger partial charge in [0.25, 0.3) is 0 Å². The zero-order valence-corrected chi connectivity index (χ0v) is 18.5. The molecular formula is C22H28N2O6S. The van der Waals surface area contributed by atoms with Crippen LogP contribution >= 0.6 is 0 Å². The second-order valence-electron chi connectivity index (χ2n) is 7.43. The lowest BCUT2D eigenvalue weighted by Gasteiger charge is -2.34. The summed E-state index contributed by atoms with van der Waals surface area (Å²) in [4.78, 5) is 13.7. The maximum absolute atomic E-state index is 12.9. The van der Waals surface area contributed by atoms with Gasteiger partial charge in [0.05, 0.1) is 12.0 Å². The van der Waals surface area contributed by atoms with Crippen LogP contribution in [0.2, 0.25) is 0 Å². The van der Waals surface area contributed by atoms with E-state index in [9.17, 15) is 18.3 Å². The van der Waals surface area contributed by atoms with Crippen LogP contribution in [0, 0.1) is 0 Å². The zero-order valence-electron chi connectivity index (χ0n) is 17.7. The van der Waals surface area contributed by atoms with Gasteiger partial charge in [0.1, 0.15) is 24.2 Å². The smallest absolute Gasteiger partial charge is 0.243 e. The maximum atomic E-state index is 12.9. The van der Waals surface area contributed by atoms with Crippen LogP contribution < -0.4 is 9.47 Å². The van der Waals surface area contributed by atoms with Crippen LogP contribution in [0.5, 0.6) is 11.5 Å². The van der Waals surface area contributed by atoms with Crippen molar-refractivity contribution in [1.82, 2.24) is 9.21 Å². The highest BCUT2D eigenvalue weighted by Gasteiger charge is 2.29. The Labute approximate surface area is 183 Å². The fourth-order valence-electron chi connectivity index (χ4n) is 3.39. The summed E-state index contributed by atoms with van der Waals surface area (Å²) in [6, 6.07) is 13.2. The van der Waals surface area contributed by atoms with Crippen molar-refractivity contribution in [2.24, 2.45) is 0 Å². The van der Waals surface area contributed by atoms with Crippen LogP contribution in [0.3, 0.4) is 0 Å². The van der Waals surface area contributed by atoms with Crippen molar-refractivity contribution in [2.75, 3.05) is 46.4 Å². The molecule has 1 atom stereocenters. The van der Waals surface area contributed by atoms with Gasteiger partial charge in [-0.3, -0.25) is 9.69 Å². The lowest BCUT2D eigenvalue weighted by Crippen LogP contribution is -2.50. The molecule has 0 bridgehead atoms. The lowest BCUT2D eigenvalue weighted by molar-refractivity contribution is 0.0569. The average molecular weight is 449 g/mol. The second kappa shape index (κ2) is 10.2. The summed E-state index contributed by atoms with van der Waals surface area (Å²) < 4.78 is 38.0. The molecule has 168 valence electrons. The van der Waals surface area contributed by atoms with Crippen molar-refractivity contribution in [3.63, 3.8) is 0 Å². The standard InChI is InChI=1S/C22H28N2O6S/c1-17(25)18-4-3-5-22(14-18)31(27,28)24-12-10-23(11-13-24)15-19(26)16-30-21-8-6-20(29-2)7-9-21/h3-9,14,19,26H,10-13,15-16H2,1-2H3. The van der Waals surface area contributed by atoms with Crippen molar-refractivity contribution in [3.8, 4) is 11.5 Å². The third-order valence-corrected chi connectivity index (χ3v) is 7.08. The number of aliphatic hydroxyl groups is 1. The van der Waals surface area contributed by atoms with Crippen LogP contribution in [0.25, 0.3) is 0 Å². The van der Waals surface area contributed by atoms with Crippen molar-refractivity contribution < 1.29 is 27.8 Å². The SMILES string of the molecule is COc1ccc(OCC(O)CN2CCN(S(=O)(=O)c3cccc(C(C)=O)c3)CC2)cc1. The summed E-state index contributed by atoms with van der Waals surface area (Å²) in [5, 5.41) is 10.3. The highest BCUT2D eigenvalue weighted by Crippen LogP contribution is 2.20. The van der Waals surface area contributed by atoms with E-state index in [2.05, 4.69) is 0 Å². The molecule has 0 radical (unpaired) electrons. The molecule has 1 unspecified atom stereocenters. The Balaban J connectivity index is 1.49. The molecule has 8 nitrogen and oxygen atoms in total. The first-order valence-corrected chi connectivity index (χ1v) is 11.5. The number of ketones is 1. The Kier molecular flexibility index (Phi) is 7.66. The van der Waals surface area contributed by atoms with E-state index in [1.165, 1.54) is 23.4 Å². The number of hydrogen-bond acceptors (Lipinski definition) is 7. The minimum Gasteiger partial charge on any atom is -0.497 e. The third kappa shape index (κ3) is 6.04. The van der Waals surface area contributed by atoms with Crippen LogP contribution in [-0.4, -0.2) is 81.1 Å². The summed E-state index contributed by atoms with van der Waals surface area (Å²) >= 11 is 0. The second-order valence-corrected chi connectivity index (χ2v) is 9.37. The van der Waals surface area contributed by atoms with E-state index in [1.54, 1.807) is 43.5 Å². The van der Waals surface area contributed by atoms with Gasteiger partial charge in [-0.15, -0.1) is 0 Å². The predicted octanol–water partition coefficient (Wildman–Crippen LogP) is 1.64. The number of piperazine rings is 1. The number of hydrogen-bond donors (Lipinski definition) is 1. The first-order valence-electron chi connectivity index (χ1n) is 10.1. The third-order valence-electron chi connectivity index (χ3n) is 5.18. The number of nitrogens with zero attached hydrogens (tertiary/aromatic N) is 2. The summed E-state index contributed by atoms with van der Waals surface area (Å²) in [5.41, 5.74) is 0.375. The molecule has 2 aromatic carbocycles. The minimum absolute atomic E-state index is 0.126. The molecule has 2 aromatic rings. The normalized spacial score (nSPS) is 16.6. The Morgan fingerprint density at radius 3 is 2.32 bits per heavy atom. The van der Waals surface area contributed by atoms with E-state index in [-0.39, 0.29) is 17.3 Å². The summed E-state index contributed by atoms with van der Waals surface area (Å²) in [5.74, 6) is 1.20. The van der Waals surface area contributed by atoms with Gasteiger partial charge < -0.3 is 14.6 Å². The molecule has 0 amide bonds. The van der Waals surface area contributed by atoms with Crippen molar-refractivity contribution in [3.05, 3.63) is 54.1 Å². The number of benzene rings is 2. The quantitative estimate of drug-likeness (QED) is 0.583. The largest absolute Gasteiger partial charge is 0.497 e. The summed E-state index contributed by atoms with van der Waals surface area (Å²) in [6.45, 7) is 3.59. The molecule has 3 rings (SSSR count). The van der Waals surface area contributed by atoms with Gasteiger partial charge in [-0.25, -0.2) is 8.42 Å². The van der Waals surface area contributed by atoms with E-state index in [4.69, 9.17) is 9.47 Å². The molecular weight excluding hydrogens is 420 g/mol. The number of aliphatic hydroxyl groups excluding tert-OH is 1. The Hall–Kier alpha value is -2.46. The van der Waals surface area contributed by atoms with E-state index in [1.807, 2.05) is 4.90 Å². The lowest BCUT2D eigenvalue weighted by atomic mass is 10.2. The topological polar surface area (TPSA) is 96.4 Å². The van der Waals surface area contributed by atoms with E-state index in [0.29, 0.717) is 44.0 Å². The molecule has 9 heteroatoms. The van der Waals surface area contributed by atoms with Gasteiger partial charge in [-0.2, -0.15) is 4.31 Å². The number of rotatable bonds is 9. The molecule has 0 saturated carbocycles. The molecule has 1 fully saturated rings. The van der Waals surface area contributed by atoms with Crippen molar-refractivity contribution in [2.45, 2.75) is 17.9 Å². The number of carbonyl (C=O) groups is 1.